The molecule has 0 aromatic heterocycles. The first-order valence-corrected chi connectivity index (χ1v) is 6.89. The van der Waals surface area contributed by atoms with Crippen LogP contribution >= 0.6 is 11.8 Å². The molecule has 0 saturated heterocycles. The summed E-state index contributed by atoms with van der Waals surface area (Å²) in [7, 11) is 1.72. The van der Waals surface area contributed by atoms with Gasteiger partial charge in [0.1, 0.15) is 6.67 Å². The summed E-state index contributed by atoms with van der Waals surface area (Å²) in [6.07, 6.45) is 0.170. The molecule has 0 aliphatic heterocycles. The van der Waals surface area contributed by atoms with Crippen LogP contribution in [-0.4, -0.2) is 32.6 Å². The van der Waals surface area contributed by atoms with Crippen molar-refractivity contribution in [1.82, 2.24) is 0 Å². The molecular weight excluding hydrogens is 251 g/mol. The fraction of sp³-hybridized carbons (Fsp3) is 0.538. The van der Waals surface area contributed by atoms with Gasteiger partial charge in [-0.05, 0) is 24.6 Å². The second-order valence-corrected chi connectivity index (χ2v) is 4.73. The van der Waals surface area contributed by atoms with E-state index in [1.165, 1.54) is 10.5 Å². The van der Waals surface area contributed by atoms with Crippen molar-refractivity contribution in [3.05, 3.63) is 29.8 Å². The van der Waals surface area contributed by atoms with Gasteiger partial charge in [-0.2, -0.15) is 0 Å². The Morgan fingerprint density at radius 3 is 2.17 bits per heavy atom. The number of rotatable bonds is 6. The van der Waals surface area contributed by atoms with Crippen LogP contribution < -0.4 is 11.5 Å². The first-order valence-electron chi connectivity index (χ1n) is 5.91. The molecule has 0 aliphatic carbocycles. The second kappa shape index (κ2) is 11.5. The van der Waals surface area contributed by atoms with Gasteiger partial charge in [0, 0.05) is 30.8 Å². The predicted octanol–water partition coefficient (Wildman–Crippen LogP) is 2.36. The van der Waals surface area contributed by atoms with Gasteiger partial charge in [0.25, 0.3) is 0 Å². The van der Waals surface area contributed by atoms with E-state index in [1.807, 2.05) is 6.92 Å². The van der Waals surface area contributed by atoms with Gasteiger partial charge in [-0.15, -0.1) is 11.8 Å². The van der Waals surface area contributed by atoms with Gasteiger partial charge in [-0.3, -0.25) is 0 Å². The Bertz CT molecular complexity index is 294. The van der Waals surface area contributed by atoms with Crippen molar-refractivity contribution in [2.75, 3.05) is 32.6 Å². The summed E-state index contributed by atoms with van der Waals surface area (Å²) in [5, 5.41) is 0. The number of hydrogen-bond acceptors (Lipinski definition) is 4. The zero-order valence-corrected chi connectivity index (χ0v) is 11.9. The fourth-order valence-corrected chi connectivity index (χ4v) is 1.83. The lowest BCUT2D eigenvalue weighted by Crippen LogP contribution is -2.01. The highest BCUT2D eigenvalue weighted by atomic mass is 32.2. The third-order valence-electron chi connectivity index (χ3n) is 2.20. The van der Waals surface area contributed by atoms with Crippen molar-refractivity contribution in [2.45, 2.75) is 17.9 Å². The zero-order valence-electron chi connectivity index (χ0n) is 11.1. The van der Waals surface area contributed by atoms with E-state index in [2.05, 4.69) is 30.0 Å². The van der Waals surface area contributed by atoms with Crippen LogP contribution in [0.15, 0.2) is 29.2 Å². The summed E-state index contributed by atoms with van der Waals surface area (Å²) >= 11 is 1.78. The van der Waals surface area contributed by atoms with E-state index in [0.29, 0.717) is 0 Å². The Kier molecular flexibility index (Phi) is 11.1. The first kappa shape index (κ1) is 17.4. The summed E-state index contributed by atoms with van der Waals surface area (Å²) < 4.78 is 15.8. The number of nitrogens with two attached hydrogens (primary N) is 2. The molecule has 0 amide bonds. The van der Waals surface area contributed by atoms with E-state index < -0.39 is 6.67 Å². The molecule has 1 aromatic carbocycles. The third-order valence-corrected chi connectivity index (χ3v) is 3.24. The molecule has 4 N–H and O–H groups in total. The molecule has 0 spiro atoms. The molecule has 0 radical (unpaired) electrons. The maximum atomic E-state index is 10.6. The number of ether oxygens (including phenoxy) is 1. The van der Waals surface area contributed by atoms with Crippen LogP contribution in [0.3, 0.4) is 0 Å². The maximum Gasteiger partial charge on any atom is 0.102 e. The van der Waals surface area contributed by atoms with Crippen molar-refractivity contribution in [1.29, 1.82) is 0 Å². The third kappa shape index (κ3) is 7.66. The van der Waals surface area contributed by atoms with E-state index in [4.69, 9.17) is 10.5 Å². The average molecular weight is 274 g/mol. The van der Waals surface area contributed by atoms with E-state index >= 15 is 0 Å². The van der Waals surface area contributed by atoms with E-state index in [0.717, 1.165) is 12.3 Å². The normalized spacial score (nSPS) is 11.6. The Morgan fingerprint density at radius 1 is 1.22 bits per heavy atom. The minimum atomic E-state index is -0.403. The molecule has 0 heterocycles. The van der Waals surface area contributed by atoms with Gasteiger partial charge in [-0.1, -0.05) is 12.1 Å². The summed E-state index contributed by atoms with van der Waals surface area (Å²) in [6, 6.07) is 8.44. The highest BCUT2D eigenvalue weighted by Crippen LogP contribution is 2.21. The second-order valence-electron chi connectivity index (χ2n) is 3.56. The molecule has 0 saturated carbocycles. The zero-order chi connectivity index (χ0) is 13.8. The fourth-order valence-electron chi connectivity index (χ4n) is 1.15. The van der Waals surface area contributed by atoms with Gasteiger partial charge in [-0.25, -0.2) is 4.39 Å². The highest BCUT2D eigenvalue weighted by Gasteiger charge is 2.02. The van der Waals surface area contributed by atoms with Crippen molar-refractivity contribution in [3.63, 3.8) is 0 Å². The van der Waals surface area contributed by atoms with Crippen LogP contribution in [-0.2, 0) is 4.74 Å². The van der Waals surface area contributed by atoms with Crippen LogP contribution in [0.1, 0.15) is 18.6 Å². The number of benzene rings is 1. The van der Waals surface area contributed by atoms with Crippen molar-refractivity contribution >= 4 is 11.8 Å². The molecular formula is C13H23FN2OS. The lowest BCUT2D eigenvalue weighted by molar-refractivity contribution is 0.119. The smallest absolute Gasteiger partial charge is 0.102 e. The molecule has 0 aliphatic rings. The Hall–Kier alpha value is -0.620. The molecule has 0 bridgehead atoms. The molecule has 5 heteroatoms. The van der Waals surface area contributed by atoms with Crippen LogP contribution in [0.5, 0.6) is 0 Å². The molecule has 1 atom stereocenters. The van der Waals surface area contributed by atoms with Crippen LogP contribution in [0, 0.1) is 0 Å². The van der Waals surface area contributed by atoms with Gasteiger partial charge in [0.2, 0.25) is 0 Å². The number of thioether (sulfide) groups is 1. The van der Waals surface area contributed by atoms with Crippen molar-refractivity contribution in [2.24, 2.45) is 11.5 Å². The molecule has 104 valence electrons. The lowest BCUT2D eigenvalue weighted by atomic mass is 10.1. The molecule has 18 heavy (non-hydrogen) atoms. The largest absolute Gasteiger partial charge is 0.377 e. The lowest BCUT2D eigenvalue weighted by Gasteiger charge is -2.09. The number of halogens is 1. The van der Waals surface area contributed by atoms with E-state index in [9.17, 15) is 4.39 Å². The molecule has 0 fully saturated rings. The minimum absolute atomic E-state index is 0.153. The molecule has 1 unspecified atom stereocenters. The van der Waals surface area contributed by atoms with Crippen molar-refractivity contribution in [3.8, 4) is 0 Å². The average Bonchev–Trinajstić information content (AvgIpc) is 2.45. The maximum absolute atomic E-state index is 10.6. The molecule has 1 rings (SSSR count). The van der Waals surface area contributed by atoms with Gasteiger partial charge in [0.15, 0.2) is 0 Å². The van der Waals surface area contributed by atoms with Gasteiger partial charge < -0.3 is 16.2 Å². The number of hydrogen-bond donors (Lipinski definition) is 2. The molecule has 3 nitrogen and oxygen atoms in total. The number of alkyl halides is 1. The predicted molar refractivity (Wildman–Crippen MR) is 76.7 cm³/mol. The first-order chi connectivity index (χ1) is 8.69. The quantitative estimate of drug-likeness (QED) is 0.782. The number of methoxy groups -OCH3 is 1. The van der Waals surface area contributed by atoms with Crippen LogP contribution in [0.4, 0.5) is 4.39 Å². The molecule has 1 aromatic rings. The summed E-state index contributed by atoms with van der Waals surface area (Å²) in [5.41, 5.74) is 11.3. The van der Waals surface area contributed by atoms with Crippen LogP contribution in [0.25, 0.3) is 0 Å². The summed E-state index contributed by atoms with van der Waals surface area (Å²) in [6.45, 7) is 2.52. The monoisotopic (exact) mass is 274 g/mol. The summed E-state index contributed by atoms with van der Waals surface area (Å²) in [4.78, 5) is 1.27. The topological polar surface area (TPSA) is 61.3 Å². The minimum Gasteiger partial charge on any atom is -0.377 e. The standard InChI is InChI=1S/C11H17NOS.C2H6FN/c1-9(13-2)10-3-5-11(6-4-10)14-8-7-12;3-1-2-4/h3-6,9H,7-8,12H2,1-2H3;1-2,4H2. The van der Waals surface area contributed by atoms with Crippen LogP contribution in [0.2, 0.25) is 0 Å². The summed E-state index contributed by atoms with van der Waals surface area (Å²) in [5.74, 6) is 0.971. The Balaban J connectivity index is 0.000000631. The SMILES string of the molecule is COC(C)c1ccc(SCCN)cc1.NCCF. The van der Waals surface area contributed by atoms with E-state index in [1.54, 1.807) is 18.9 Å². The van der Waals surface area contributed by atoms with Gasteiger partial charge >= 0.3 is 0 Å². The Labute approximate surface area is 113 Å². The highest BCUT2D eigenvalue weighted by molar-refractivity contribution is 7.99. The van der Waals surface area contributed by atoms with Gasteiger partial charge in [0.05, 0.1) is 6.10 Å². The van der Waals surface area contributed by atoms with Crippen molar-refractivity contribution < 1.29 is 9.13 Å². The Morgan fingerprint density at radius 2 is 1.78 bits per heavy atom. The van der Waals surface area contributed by atoms with E-state index in [-0.39, 0.29) is 12.6 Å².